The van der Waals surface area contributed by atoms with Gasteiger partial charge in [0.15, 0.2) is 11.6 Å². The van der Waals surface area contributed by atoms with Crippen molar-refractivity contribution in [2.24, 2.45) is 0 Å². The van der Waals surface area contributed by atoms with Crippen LogP contribution in [-0.4, -0.2) is 17.1 Å². The summed E-state index contributed by atoms with van der Waals surface area (Å²) >= 11 is 2.02. The number of H-pyrrole nitrogens is 1. The van der Waals surface area contributed by atoms with Gasteiger partial charge in [-0.05, 0) is 53.6 Å². The van der Waals surface area contributed by atoms with Crippen molar-refractivity contribution in [3.63, 3.8) is 0 Å². The molecule has 104 valence electrons. The molecule has 0 bridgehead atoms. The summed E-state index contributed by atoms with van der Waals surface area (Å²) in [6.07, 6.45) is 2.14. The Morgan fingerprint density at radius 3 is 2.85 bits per heavy atom. The number of benzene rings is 1. The molecule has 1 N–H and O–H groups in total. The standard InChI is InChI=1S/C14H12FIN2O2/c1-20-10-6-8(4-5-9(10)15)13-17-12(7-2-3-7)11(16)14(19)18-13/h4-7H,2-3H2,1H3,(H,17,18,19). The van der Waals surface area contributed by atoms with E-state index in [0.29, 0.717) is 20.9 Å². The fraction of sp³-hybridized carbons (Fsp3) is 0.286. The molecule has 0 unspecified atom stereocenters. The molecule has 2 aromatic rings. The van der Waals surface area contributed by atoms with Crippen LogP contribution in [0.3, 0.4) is 0 Å². The van der Waals surface area contributed by atoms with Gasteiger partial charge in [-0.2, -0.15) is 0 Å². The Morgan fingerprint density at radius 2 is 2.20 bits per heavy atom. The molecule has 3 rings (SSSR count). The van der Waals surface area contributed by atoms with Crippen molar-refractivity contribution in [1.29, 1.82) is 0 Å². The molecular formula is C14H12FIN2O2. The normalized spacial score (nSPS) is 14.3. The first kappa shape index (κ1) is 13.5. The van der Waals surface area contributed by atoms with E-state index < -0.39 is 5.82 Å². The zero-order chi connectivity index (χ0) is 14.3. The van der Waals surface area contributed by atoms with Gasteiger partial charge in [-0.15, -0.1) is 0 Å². The van der Waals surface area contributed by atoms with Crippen molar-refractivity contribution < 1.29 is 9.13 Å². The summed E-state index contributed by atoms with van der Waals surface area (Å²) < 4.78 is 19.0. The van der Waals surface area contributed by atoms with Gasteiger partial charge in [0.1, 0.15) is 5.82 Å². The summed E-state index contributed by atoms with van der Waals surface area (Å²) in [5, 5.41) is 0. The number of hydrogen-bond acceptors (Lipinski definition) is 3. The van der Waals surface area contributed by atoms with Gasteiger partial charge in [0.05, 0.1) is 16.4 Å². The predicted molar refractivity (Wildman–Crippen MR) is 81.5 cm³/mol. The van der Waals surface area contributed by atoms with Gasteiger partial charge in [0.2, 0.25) is 0 Å². The first-order valence-corrected chi connectivity index (χ1v) is 7.31. The van der Waals surface area contributed by atoms with Gasteiger partial charge >= 0.3 is 0 Å². The van der Waals surface area contributed by atoms with E-state index >= 15 is 0 Å². The lowest BCUT2D eigenvalue weighted by Crippen LogP contribution is -2.16. The van der Waals surface area contributed by atoms with E-state index in [1.165, 1.54) is 19.2 Å². The molecule has 1 heterocycles. The second kappa shape index (κ2) is 5.16. The molecule has 0 spiro atoms. The number of nitrogens with one attached hydrogen (secondary N) is 1. The topological polar surface area (TPSA) is 55.0 Å². The molecule has 1 aliphatic rings. The minimum Gasteiger partial charge on any atom is -0.494 e. The zero-order valence-electron chi connectivity index (χ0n) is 10.7. The van der Waals surface area contributed by atoms with Gasteiger partial charge in [-0.3, -0.25) is 4.79 Å². The summed E-state index contributed by atoms with van der Waals surface area (Å²) in [4.78, 5) is 19.2. The molecule has 6 heteroatoms. The molecule has 0 atom stereocenters. The van der Waals surface area contributed by atoms with Crippen LogP contribution < -0.4 is 10.3 Å². The number of aromatic amines is 1. The number of aromatic nitrogens is 2. The van der Waals surface area contributed by atoms with Crippen LogP contribution in [0.4, 0.5) is 4.39 Å². The fourth-order valence-electron chi connectivity index (χ4n) is 2.05. The molecule has 4 nitrogen and oxygen atoms in total. The van der Waals surface area contributed by atoms with Crippen LogP contribution in [0.15, 0.2) is 23.0 Å². The minimum atomic E-state index is -0.438. The van der Waals surface area contributed by atoms with Crippen LogP contribution in [0.2, 0.25) is 0 Å². The first-order chi connectivity index (χ1) is 9.60. The minimum absolute atomic E-state index is 0.136. The second-order valence-corrected chi connectivity index (χ2v) is 5.82. The third-order valence-corrected chi connectivity index (χ3v) is 4.32. The van der Waals surface area contributed by atoms with Crippen molar-refractivity contribution in [3.05, 3.63) is 43.6 Å². The van der Waals surface area contributed by atoms with Gasteiger partial charge in [-0.25, -0.2) is 9.37 Å². The lowest BCUT2D eigenvalue weighted by molar-refractivity contribution is 0.386. The molecule has 0 aliphatic heterocycles. The van der Waals surface area contributed by atoms with Crippen molar-refractivity contribution in [3.8, 4) is 17.1 Å². The van der Waals surface area contributed by atoms with Crippen LogP contribution >= 0.6 is 22.6 Å². The van der Waals surface area contributed by atoms with Crippen molar-refractivity contribution in [1.82, 2.24) is 9.97 Å². The summed E-state index contributed by atoms with van der Waals surface area (Å²) in [6.45, 7) is 0. The highest BCUT2D eigenvalue weighted by atomic mass is 127. The van der Waals surface area contributed by atoms with Crippen molar-refractivity contribution >= 4 is 22.6 Å². The molecular weight excluding hydrogens is 374 g/mol. The quantitative estimate of drug-likeness (QED) is 0.826. The summed E-state index contributed by atoms with van der Waals surface area (Å²) in [6, 6.07) is 4.43. The average molecular weight is 386 g/mol. The largest absolute Gasteiger partial charge is 0.494 e. The maximum absolute atomic E-state index is 13.4. The number of methoxy groups -OCH3 is 1. The van der Waals surface area contributed by atoms with E-state index in [9.17, 15) is 9.18 Å². The third kappa shape index (κ3) is 2.44. The highest BCUT2D eigenvalue weighted by Gasteiger charge is 2.29. The Labute approximate surface area is 128 Å². The SMILES string of the molecule is COc1cc(-c2nc(C3CC3)c(I)c(=O)[nH]2)ccc1F. The first-order valence-electron chi connectivity index (χ1n) is 6.23. The van der Waals surface area contributed by atoms with E-state index in [2.05, 4.69) is 9.97 Å². The highest BCUT2D eigenvalue weighted by Crippen LogP contribution is 2.40. The average Bonchev–Trinajstić information content (AvgIpc) is 3.27. The zero-order valence-corrected chi connectivity index (χ0v) is 12.9. The van der Waals surface area contributed by atoms with E-state index in [1.54, 1.807) is 6.07 Å². The molecule has 1 fully saturated rings. The second-order valence-electron chi connectivity index (χ2n) is 4.74. The Morgan fingerprint density at radius 1 is 1.45 bits per heavy atom. The molecule has 0 radical (unpaired) electrons. The van der Waals surface area contributed by atoms with E-state index in [0.717, 1.165) is 18.5 Å². The Kier molecular flexibility index (Phi) is 3.49. The molecule has 1 saturated carbocycles. The molecule has 0 amide bonds. The fourth-order valence-corrected chi connectivity index (χ4v) is 2.74. The van der Waals surface area contributed by atoms with Crippen LogP contribution in [0.5, 0.6) is 5.75 Å². The number of halogens is 2. The van der Waals surface area contributed by atoms with Crippen LogP contribution in [0.25, 0.3) is 11.4 Å². The van der Waals surface area contributed by atoms with E-state index in [1.807, 2.05) is 22.6 Å². The molecule has 0 saturated heterocycles. The summed E-state index contributed by atoms with van der Waals surface area (Å²) in [5.74, 6) is 0.532. The summed E-state index contributed by atoms with van der Waals surface area (Å²) in [5.41, 5.74) is 1.33. The lowest BCUT2D eigenvalue weighted by Gasteiger charge is -2.08. The lowest BCUT2D eigenvalue weighted by atomic mass is 10.2. The van der Waals surface area contributed by atoms with E-state index in [-0.39, 0.29) is 11.3 Å². The third-order valence-electron chi connectivity index (χ3n) is 3.28. The van der Waals surface area contributed by atoms with Crippen LogP contribution in [0.1, 0.15) is 24.5 Å². The van der Waals surface area contributed by atoms with Crippen LogP contribution in [-0.2, 0) is 0 Å². The Hall–Kier alpha value is -1.44. The van der Waals surface area contributed by atoms with Gasteiger partial charge in [0.25, 0.3) is 5.56 Å². The predicted octanol–water partition coefficient (Wildman–Crippen LogP) is 3.07. The smallest absolute Gasteiger partial charge is 0.264 e. The number of rotatable bonds is 3. The number of ether oxygens (including phenoxy) is 1. The highest BCUT2D eigenvalue weighted by molar-refractivity contribution is 14.1. The van der Waals surface area contributed by atoms with Gasteiger partial charge < -0.3 is 9.72 Å². The number of hydrogen-bond donors (Lipinski definition) is 1. The monoisotopic (exact) mass is 386 g/mol. The Balaban J connectivity index is 2.12. The van der Waals surface area contributed by atoms with E-state index in [4.69, 9.17) is 4.74 Å². The Bertz CT molecular complexity index is 726. The van der Waals surface area contributed by atoms with Gasteiger partial charge in [0, 0.05) is 11.5 Å². The number of nitrogens with zero attached hydrogens (tertiary/aromatic N) is 1. The molecule has 1 aromatic carbocycles. The molecule has 1 aromatic heterocycles. The van der Waals surface area contributed by atoms with Crippen molar-refractivity contribution in [2.75, 3.05) is 7.11 Å². The van der Waals surface area contributed by atoms with Crippen molar-refractivity contribution in [2.45, 2.75) is 18.8 Å². The molecule has 20 heavy (non-hydrogen) atoms. The summed E-state index contributed by atoms with van der Waals surface area (Å²) in [7, 11) is 1.40. The maximum atomic E-state index is 13.4. The van der Waals surface area contributed by atoms with Gasteiger partial charge in [-0.1, -0.05) is 0 Å². The maximum Gasteiger partial charge on any atom is 0.264 e. The van der Waals surface area contributed by atoms with Crippen LogP contribution in [0, 0.1) is 9.39 Å². The molecule has 1 aliphatic carbocycles.